The molecule has 2 rings (SSSR count). The van der Waals surface area contributed by atoms with Crippen LogP contribution in [0.25, 0.3) is 0 Å². The molecule has 0 unspecified atom stereocenters. The number of nitrogens with two attached hydrogens (primary N) is 1. The summed E-state index contributed by atoms with van der Waals surface area (Å²) < 4.78 is 18.9. The van der Waals surface area contributed by atoms with Crippen LogP contribution in [0.3, 0.4) is 0 Å². The third-order valence-corrected chi connectivity index (χ3v) is 3.39. The lowest BCUT2D eigenvalue weighted by molar-refractivity contribution is 0.300. The quantitative estimate of drug-likeness (QED) is 0.907. The van der Waals surface area contributed by atoms with E-state index in [-0.39, 0.29) is 11.9 Å². The lowest BCUT2D eigenvalue weighted by atomic mass is 10.1. The molecule has 0 aliphatic carbocycles. The molecule has 0 radical (unpaired) electrons. The van der Waals surface area contributed by atoms with Crippen LogP contribution < -0.4 is 10.5 Å². The van der Waals surface area contributed by atoms with Gasteiger partial charge in [0.15, 0.2) is 0 Å². The molecular formula is C16H17ClFNO. The molecule has 0 saturated heterocycles. The molecule has 2 aromatic rings. The van der Waals surface area contributed by atoms with Crippen molar-refractivity contribution >= 4 is 11.6 Å². The zero-order valence-corrected chi connectivity index (χ0v) is 12.2. The van der Waals surface area contributed by atoms with E-state index in [9.17, 15) is 4.39 Å². The molecule has 0 aliphatic rings. The van der Waals surface area contributed by atoms with Crippen molar-refractivity contribution in [2.45, 2.75) is 26.5 Å². The van der Waals surface area contributed by atoms with Crippen molar-refractivity contribution in [3.05, 3.63) is 63.9 Å². The van der Waals surface area contributed by atoms with Crippen molar-refractivity contribution in [1.82, 2.24) is 0 Å². The van der Waals surface area contributed by atoms with Crippen molar-refractivity contribution < 1.29 is 9.13 Å². The summed E-state index contributed by atoms with van der Waals surface area (Å²) in [6.45, 7) is 4.10. The first-order valence-electron chi connectivity index (χ1n) is 6.40. The number of hydrogen-bond acceptors (Lipinski definition) is 2. The monoisotopic (exact) mass is 293 g/mol. The number of hydrogen-bond donors (Lipinski definition) is 1. The standard InChI is InChI=1S/C16H17ClFNO/c1-10-7-14(18)5-3-12(10)9-20-16-6-4-13(17)8-15(16)11(2)19/h3-8,11H,9,19H2,1-2H3/t11-/m1/s1. The Morgan fingerprint density at radius 1 is 1.25 bits per heavy atom. The summed E-state index contributed by atoms with van der Waals surface area (Å²) in [6.07, 6.45) is 0. The minimum atomic E-state index is -0.242. The molecule has 1 atom stereocenters. The molecule has 20 heavy (non-hydrogen) atoms. The van der Waals surface area contributed by atoms with Gasteiger partial charge in [0.1, 0.15) is 18.2 Å². The second-order valence-electron chi connectivity index (χ2n) is 4.83. The van der Waals surface area contributed by atoms with Crippen LogP contribution in [0.5, 0.6) is 5.75 Å². The van der Waals surface area contributed by atoms with Gasteiger partial charge in [-0.3, -0.25) is 0 Å². The Morgan fingerprint density at radius 3 is 2.65 bits per heavy atom. The first-order chi connectivity index (χ1) is 9.47. The summed E-state index contributed by atoms with van der Waals surface area (Å²) in [7, 11) is 0. The third kappa shape index (κ3) is 3.50. The maximum absolute atomic E-state index is 13.1. The molecule has 2 nitrogen and oxygen atoms in total. The predicted molar refractivity (Wildman–Crippen MR) is 79.5 cm³/mol. The SMILES string of the molecule is Cc1cc(F)ccc1COc1ccc(Cl)cc1[C@@H](C)N. The highest BCUT2D eigenvalue weighted by atomic mass is 35.5. The normalized spacial score (nSPS) is 12.2. The fraction of sp³-hybridized carbons (Fsp3) is 0.250. The third-order valence-electron chi connectivity index (χ3n) is 3.15. The Labute approximate surface area is 123 Å². The summed E-state index contributed by atoms with van der Waals surface area (Å²) >= 11 is 5.97. The van der Waals surface area contributed by atoms with Gasteiger partial charge in [-0.2, -0.15) is 0 Å². The minimum absolute atomic E-state index is 0.169. The van der Waals surface area contributed by atoms with Gasteiger partial charge in [-0.05, 0) is 55.3 Å². The number of halogens is 2. The first kappa shape index (κ1) is 14.8. The molecule has 2 aromatic carbocycles. The van der Waals surface area contributed by atoms with Crippen LogP contribution in [0.4, 0.5) is 4.39 Å². The molecule has 106 valence electrons. The Morgan fingerprint density at radius 2 is 2.00 bits per heavy atom. The molecule has 0 fully saturated rings. The van der Waals surface area contributed by atoms with Crippen LogP contribution in [0.1, 0.15) is 29.7 Å². The minimum Gasteiger partial charge on any atom is -0.489 e. The summed E-state index contributed by atoms with van der Waals surface area (Å²) in [6, 6.07) is 9.86. The van der Waals surface area contributed by atoms with Gasteiger partial charge in [0.25, 0.3) is 0 Å². The fourth-order valence-corrected chi connectivity index (χ4v) is 2.16. The highest BCUT2D eigenvalue weighted by Crippen LogP contribution is 2.28. The Kier molecular flexibility index (Phi) is 4.63. The molecule has 0 amide bonds. The molecule has 0 aromatic heterocycles. The van der Waals surface area contributed by atoms with Crippen molar-refractivity contribution in [2.75, 3.05) is 0 Å². The van der Waals surface area contributed by atoms with Gasteiger partial charge in [0.05, 0.1) is 0 Å². The zero-order valence-electron chi connectivity index (χ0n) is 11.5. The smallest absolute Gasteiger partial charge is 0.124 e. The second-order valence-corrected chi connectivity index (χ2v) is 5.27. The van der Waals surface area contributed by atoms with Gasteiger partial charge >= 0.3 is 0 Å². The maximum atomic E-state index is 13.1. The van der Waals surface area contributed by atoms with Crippen LogP contribution in [0.15, 0.2) is 36.4 Å². The topological polar surface area (TPSA) is 35.2 Å². The van der Waals surface area contributed by atoms with Crippen LogP contribution >= 0.6 is 11.6 Å². The summed E-state index contributed by atoms with van der Waals surface area (Å²) in [4.78, 5) is 0. The van der Waals surface area contributed by atoms with Gasteiger partial charge in [-0.25, -0.2) is 4.39 Å². The van der Waals surface area contributed by atoms with Gasteiger partial charge in [0, 0.05) is 16.6 Å². The molecule has 4 heteroatoms. The molecule has 0 bridgehead atoms. The highest BCUT2D eigenvalue weighted by Gasteiger charge is 2.10. The fourth-order valence-electron chi connectivity index (χ4n) is 1.98. The largest absolute Gasteiger partial charge is 0.489 e. The average molecular weight is 294 g/mol. The molecule has 0 saturated carbocycles. The number of ether oxygens (including phenoxy) is 1. The number of benzene rings is 2. The van der Waals surface area contributed by atoms with Gasteiger partial charge < -0.3 is 10.5 Å². The second kappa shape index (κ2) is 6.25. The Balaban J connectivity index is 2.18. The summed E-state index contributed by atoms with van der Waals surface area (Å²) in [5.74, 6) is 0.460. The molecule has 2 N–H and O–H groups in total. The van der Waals surface area contributed by atoms with Crippen molar-refractivity contribution in [3.63, 3.8) is 0 Å². The maximum Gasteiger partial charge on any atom is 0.124 e. The van der Waals surface area contributed by atoms with E-state index in [1.165, 1.54) is 12.1 Å². The highest BCUT2D eigenvalue weighted by molar-refractivity contribution is 6.30. The average Bonchev–Trinajstić information content (AvgIpc) is 2.38. The van der Waals surface area contributed by atoms with E-state index < -0.39 is 0 Å². The van der Waals surface area contributed by atoms with E-state index in [0.29, 0.717) is 17.4 Å². The van der Waals surface area contributed by atoms with E-state index in [2.05, 4.69) is 0 Å². The first-order valence-corrected chi connectivity index (χ1v) is 6.78. The van der Waals surface area contributed by atoms with E-state index >= 15 is 0 Å². The Hall–Kier alpha value is -1.58. The molecule has 0 heterocycles. The van der Waals surface area contributed by atoms with Crippen LogP contribution in [-0.4, -0.2) is 0 Å². The van der Waals surface area contributed by atoms with Crippen LogP contribution in [-0.2, 0) is 6.61 Å². The van der Waals surface area contributed by atoms with Crippen LogP contribution in [0, 0.1) is 12.7 Å². The number of aryl methyl sites for hydroxylation is 1. The molecule has 0 spiro atoms. The predicted octanol–water partition coefficient (Wildman–Crippen LogP) is 4.39. The van der Waals surface area contributed by atoms with E-state index in [0.717, 1.165) is 16.7 Å². The molecular weight excluding hydrogens is 277 g/mol. The zero-order chi connectivity index (χ0) is 14.7. The van der Waals surface area contributed by atoms with Crippen molar-refractivity contribution in [1.29, 1.82) is 0 Å². The van der Waals surface area contributed by atoms with Crippen molar-refractivity contribution in [3.8, 4) is 5.75 Å². The van der Waals surface area contributed by atoms with Gasteiger partial charge in [-0.15, -0.1) is 0 Å². The lowest BCUT2D eigenvalue weighted by Crippen LogP contribution is -2.08. The molecule has 0 aliphatic heterocycles. The van der Waals surface area contributed by atoms with Gasteiger partial charge in [-0.1, -0.05) is 17.7 Å². The van der Waals surface area contributed by atoms with Crippen LogP contribution in [0.2, 0.25) is 5.02 Å². The van der Waals surface area contributed by atoms with Gasteiger partial charge in [0.2, 0.25) is 0 Å². The lowest BCUT2D eigenvalue weighted by Gasteiger charge is -2.15. The van der Waals surface area contributed by atoms with E-state index in [1.807, 2.05) is 13.8 Å². The summed E-state index contributed by atoms with van der Waals surface area (Å²) in [5, 5.41) is 0.627. The van der Waals surface area contributed by atoms with E-state index in [1.54, 1.807) is 24.3 Å². The summed E-state index contributed by atoms with van der Waals surface area (Å²) in [5.41, 5.74) is 8.58. The van der Waals surface area contributed by atoms with Crippen molar-refractivity contribution in [2.24, 2.45) is 5.73 Å². The van der Waals surface area contributed by atoms with E-state index in [4.69, 9.17) is 22.1 Å². The number of rotatable bonds is 4. The Bertz CT molecular complexity index is 613.